The van der Waals surface area contributed by atoms with E-state index < -0.39 is 17.9 Å². The van der Waals surface area contributed by atoms with Gasteiger partial charge in [0.2, 0.25) is 0 Å². The van der Waals surface area contributed by atoms with Crippen LogP contribution >= 0.6 is 0 Å². The molecule has 0 amide bonds. The number of hydrogen-bond acceptors (Lipinski definition) is 9. The fraction of sp³-hybridized carbons (Fsp3) is 0.789. The second-order valence-electron chi connectivity index (χ2n) is 7.51. The number of ether oxygens (including phenoxy) is 1. The fourth-order valence-electron chi connectivity index (χ4n) is 3.23. The third kappa shape index (κ3) is 12.9. The number of carbonyl (C=O) groups excluding carboxylic acids is 1. The molecule has 12 heteroatoms. The molecule has 0 spiro atoms. The van der Waals surface area contributed by atoms with Crippen LogP contribution in [0.4, 0.5) is 0 Å². The molecule has 0 aromatic rings. The Bertz CT molecular complexity index is 571. The molecule has 0 atom stereocenters. The topological polar surface area (TPSA) is 151 Å². The molecule has 0 aromatic carbocycles. The van der Waals surface area contributed by atoms with Crippen molar-refractivity contribution in [2.24, 2.45) is 0 Å². The smallest absolute Gasteiger partial charge is 0.320 e. The second kappa shape index (κ2) is 14.7. The van der Waals surface area contributed by atoms with E-state index in [1.807, 2.05) is 11.8 Å². The minimum atomic E-state index is -1.00. The molecule has 3 N–H and O–H groups in total. The summed E-state index contributed by atoms with van der Waals surface area (Å²) < 4.78 is 5.14. The number of carbonyl (C=O) groups is 4. The predicted molar refractivity (Wildman–Crippen MR) is 110 cm³/mol. The quantitative estimate of drug-likeness (QED) is 0.332. The lowest BCUT2D eigenvalue weighted by atomic mass is 10.3. The minimum absolute atomic E-state index is 0.0347. The largest absolute Gasteiger partial charge is 0.480 e. The van der Waals surface area contributed by atoms with Crippen molar-refractivity contribution in [1.82, 2.24) is 19.6 Å². The van der Waals surface area contributed by atoms with Crippen molar-refractivity contribution in [2.75, 3.05) is 85.1 Å². The number of rotatable bonds is 10. The summed E-state index contributed by atoms with van der Waals surface area (Å²) in [6.07, 6.45) is 0.706. The molecular weight excluding hydrogens is 412 g/mol. The molecule has 1 aliphatic rings. The number of esters is 1. The maximum Gasteiger partial charge on any atom is 0.320 e. The highest BCUT2D eigenvalue weighted by Crippen LogP contribution is 2.02. The summed E-state index contributed by atoms with van der Waals surface area (Å²) in [6, 6.07) is 0. The maximum absolute atomic E-state index is 12.1. The van der Waals surface area contributed by atoms with Gasteiger partial charge in [-0.25, -0.2) is 0 Å². The van der Waals surface area contributed by atoms with E-state index in [0.29, 0.717) is 65.4 Å². The van der Waals surface area contributed by atoms with Crippen LogP contribution in [0.2, 0.25) is 0 Å². The van der Waals surface area contributed by atoms with Gasteiger partial charge in [-0.05, 0) is 6.42 Å². The van der Waals surface area contributed by atoms with Gasteiger partial charge >= 0.3 is 23.9 Å². The Morgan fingerprint density at radius 2 is 0.903 bits per heavy atom. The van der Waals surface area contributed by atoms with Crippen LogP contribution in [0.15, 0.2) is 0 Å². The van der Waals surface area contributed by atoms with E-state index in [2.05, 4.69) is 0 Å². The monoisotopic (exact) mass is 446 g/mol. The first kappa shape index (κ1) is 26.8. The molecule has 1 fully saturated rings. The zero-order valence-corrected chi connectivity index (χ0v) is 18.1. The Morgan fingerprint density at radius 1 is 0.613 bits per heavy atom. The number of carboxylic acid groups (broad SMARTS) is 3. The van der Waals surface area contributed by atoms with Crippen LogP contribution in [0.25, 0.3) is 0 Å². The average Bonchev–Trinajstić information content (AvgIpc) is 2.67. The van der Waals surface area contributed by atoms with Gasteiger partial charge in [0.15, 0.2) is 0 Å². The molecule has 0 saturated carbocycles. The second-order valence-corrected chi connectivity index (χ2v) is 7.51. The van der Waals surface area contributed by atoms with Gasteiger partial charge in [-0.2, -0.15) is 0 Å². The summed E-state index contributed by atoms with van der Waals surface area (Å²) in [5, 5.41) is 27.5. The standard InChI is InChI=1S/C19H34N4O8/c1-2-11-31-19(30)15-23-9-7-21(13-17(26)27)5-3-20(12-16(24)25)4-6-22(8-10-23)14-18(28)29/h2-15H2,1H3,(H,24,25)(H,26,27)(H,28,29). The molecule has 1 aliphatic heterocycles. The number of carboxylic acids is 3. The summed E-state index contributed by atoms with van der Waals surface area (Å²) in [7, 11) is 0. The van der Waals surface area contributed by atoms with Gasteiger partial charge in [-0.15, -0.1) is 0 Å². The van der Waals surface area contributed by atoms with E-state index in [1.54, 1.807) is 14.7 Å². The van der Waals surface area contributed by atoms with Crippen LogP contribution in [-0.4, -0.2) is 144 Å². The summed E-state index contributed by atoms with van der Waals surface area (Å²) in [5.74, 6) is -3.36. The molecule has 178 valence electrons. The molecule has 0 radical (unpaired) electrons. The first-order valence-corrected chi connectivity index (χ1v) is 10.4. The van der Waals surface area contributed by atoms with Crippen LogP contribution in [0.1, 0.15) is 13.3 Å². The van der Waals surface area contributed by atoms with Crippen molar-refractivity contribution in [3.8, 4) is 0 Å². The van der Waals surface area contributed by atoms with Gasteiger partial charge in [0.05, 0.1) is 32.8 Å². The Kier molecular flexibility index (Phi) is 12.7. The molecule has 31 heavy (non-hydrogen) atoms. The fourth-order valence-corrected chi connectivity index (χ4v) is 3.23. The first-order chi connectivity index (χ1) is 14.7. The van der Waals surface area contributed by atoms with E-state index in [4.69, 9.17) is 9.84 Å². The van der Waals surface area contributed by atoms with E-state index in [-0.39, 0.29) is 32.1 Å². The Labute approximate surface area is 181 Å². The van der Waals surface area contributed by atoms with Crippen molar-refractivity contribution in [1.29, 1.82) is 0 Å². The van der Waals surface area contributed by atoms with Crippen molar-refractivity contribution >= 4 is 23.9 Å². The van der Waals surface area contributed by atoms with Gasteiger partial charge in [-0.1, -0.05) is 6.92 Å². The van der Waals surface area contributed by atoms with Crippen molar-refractivity contribution < 1.29 is 39.2 Å². The highest BCUT2D eigenvalue weighted by Gasteiger charge is 2.21. The molecule has 0 unspecified atom stereocenters. The van der Waals surface area contributed by atoms with Gasteiger partial charge in [0.1, 0.15) is 0 Å². The van der Waals surface area contributed by atoms with Crippen molar-refractivity contribution in [2.45, 2.75) is 13.3 Å². The summed E-state index contributed by atoms with van der Waals surface area (Å²) in [5.41, 5.74) is 0. The Balaban J connectivity index is 2.91. The van der Waals surface area contributed by atoms with Crippen LogP contribution < -0.4 is 0 Å². The summed E-state index contributed by atoms with van der Waals surface area (Å²) in [4.78, 5) is 52.6. The molecule has 1 saturated heterocycles. The van der Waals surface area contributed by atoms with E-state index >= 15 is 0 Å². The zero-order valence-electron chi connectivity index (χ0n) is 18.1. The number of nitrogens with zero attached hydrogens (tertiary/aromatic N) is 4. The number of aliphatic carboxylic acids is 3. The minimum Gasteiger partial charge on any atom is -0.480 e. The summed E-state index contributed by atoms with van der Waals surface area (Å²) >= 11 is 0. The molecule has 0 bridgehead atoms. The molecule has 12 nitrogen and oxygen atoms in total. The van der Waals surface area contributed by atoms with Crippen LogP contribution in [-0.2, 0) is 23.9 Å². The Morgan fingerprint density at radius 3 is 1.16 bits per heavy atom. The lowest BCUT2D eigenvalue weighted by molar-refractivity contribution is -0.145. The maximum atomic E-state index is 12.1. The lowest BCUT2D eigenvalue weighted by Gasteiger charge is -2.32. The van der Waals surface area contributed by atoms with Crippen LogP contribution in [0, 0.1) is 0 Å². The molecule has 1 rings (SSSR count). The van der Waals surface area contributed by atoms with Gasteiger partial charge in [0.25, 0.3) is 0 Å². The van der Waals surface area contributed by atoms with Gasteiger partial charge < -0.3 is 20.1 Å². The van der Waals surface area contributed by atoms with Crippen LogP contribution in [0.5, 0.6) is 0 Å². The molecule has 0 aliphatic carbocycles. The average molecular weight is 447 g/mol. The third-order valence-electron chi connectivity index (χ3n) is 4.83. The Hall–Kier alpha value is -2.28. The van der Waals surface area contributed by atoms with E-state index in [0.717, 1.165) is 0 Å². The van der Waals surface area contributed by atoms with E-state index in [9.17, 15) is 29.4 Å². The van der Waals surface area contributed by atoms with E-state index in [1.165, 1.54) is 0 Å². The predicted octanol–water partition coefficient (Wildman–Crippen LogP) is -1.58. The molecular formula is C19H34N4O8. The molecule has 1 heterocycles. The lowest BCUT2D eigenvalue weighted by Crippen LogP contribution is -2.49. The normalized spacial score (nSPS) is 18.6. The van der Waals surface area contributed by atoms with Gasteiger partial charge in [0, 0.05) is 52.4 Å². The van der Waals surface area contributed by atoms with Gasteiger partial charge in [-0.3, -0.25) is 38.8 Å². The first-order valence-electron chi connectivity index (χ1n) is 10.4. The molecule has 0 aromatic heterocycles. The van der Waals surface area contributed by atoms with Crippen molar-refractivity contribution in [3.05, 3.63) is 0 Å². The highest BCUT2D eigenvalue weighted by atomic mass is 16.5. The zero-order chi connectivity index (χ0) is 23.2. The van der Waals surface area contributed by atoms with Crippen molar-refractivity contribution in [3.63, 3.8) is 0 Å². The highest BCUT2D eigenvalue weighted by molar-refractivity contribution is 5.71. The summed E-state index contributed by atoms with van der Waals surface area (Å²) in [6.45, 7) is 4.53. The SMILES string of the molecule is CCCOC(=O)CN1CCN(CC(=O)O)CCN(CC(=O)O)CCN(CC(=O)O)CC1. The number of hydrogen-bond donors (Lipinski definition) is 3. The van der Waals surface area contributed by atoms with Crippen LogP contribution in [0.3, 0.4) is 0 Å². The third-order valence-corrected chi connectivity index (χ3v) is 4.83.